The third kappa shape index (κ3) is 10.8. The van der Waals surface area contributed by atoms with Crippen molar-refractivity contribution in [3.8, 4) is 23.0 Å². The van der Waals surface area contributed by atoms with Gasteiger partial charge >= 0.3 is 0 Å². The molecule has 284 valence electrons. The molecule has 0 saturated carbocycles. The van der Waals surface area contributed by atoms with Crippen molar-refractivity contribution in [2.75, 3.05) is 33.9 Å². The van der Waals surface area contributed by atoms with Crippen LogP contribution in [-0.4, -0.2) is 85.4 Å². The van der Waals surface area contributed by atoms with Crippen LogP contribution in [0.2, 0.25) is 0 Å². The van der Waals surface area contributed by atoms with Crippen molar-refractivity contribution < 1.29 is 38.2 Å². The first-order chi connectivity index (χ1) is 26.1. The van der Waals surface area contributed by atoms with E-state index in [2.05, 4.69) is 26.3 Å². The lowest BCUT2D eigenvalue weighted by Crippen LogP contribution is -2.54. The van der Waals surface area contributed by atoms with E-state index in [1.54, 1.807) is 48.7 Å². The average molecular weight is 757 g/mol. The minimum atomic E-state index is -1.00. The SMILES string of the molecule is COc1cc2ccc1CNC(=O)[C@H](C)NC(=O)[C@H](CCc1ccccc1)NC(=O)CN(C(=O)c1cscn1)CCCCNC(=O)c1ccc(OC)c(c1)O2. The summed E-state index contributed by atoms with van der Waals surface area (Å²) < 4.78 is 17.2. The van der Waals surface area contributed by atoms with Crippen molar-refractivity contribution in [1.82, 2.24) is 31.2 Å². The molecule has 0 fully saturated rings. The first kappa shape index (κ1) is 39.3. The molecule has 14 nitrogen and oxygen atoms in total. The monoisotopic (exact) mass is 756 g/mol. The molecule has 1 aromatic heterocycles. The Balaban J connectivity index is 1.39. The Labute approximate surface area is 317 Å². The van der Waals surface area contributed by atoms with Crippen LogP contribution < -0.4 is 35.5 Å². The molecule has 0 aliphatic carbocycles. The number of carbonyl (C=O) groups excluding carboxylic acids is 5. The number of aryl methyl sites for hydroxylation is 1. The second-order valence-electron chi connectivity index (χ2n) is 12.6. The van der Waals surface area contributed by atoms with Crippen LogP contribution in [0.4, 0.5) is 0 Å². The molecule has 15 heteroatoms. The Bertz CT molecular complexity index is 1920. The zero-order valence-corrected chi connectivity index (χ0v) is 31.2. The Morgan fingerprint density at radius 3 is 2.46 bits per heavy atom. The summed E-state index contributed by atoms with van der Waals surface area (Å²) in [6.07, 6.45) is 1.68. The lowest BCUT2D eigenvalue weighted by atomic mass is 10.0. The molecular formula is C39H44N6O8S. The molecule has 4 aromatic rings. The maximum atomic E-state index is 13.6. The second-order valence-corrected chi connectivity index (χ2v) is 13.3. The van der Waals surface area contributed by atoms with Crippen molar-refractivity contribution in [2.45, 2.75) is 51.2 Å². The molecule has 2 aliphatic heterocycles. The van der Waals surface area contributed by atoms with Crippen molar-refractivity contribution in [1.29, 1.82) is 0 Å². The molecule has 0 radical (unpaired) electrons. The van der Waals surface area contributed by atoms with Gasteiger partial charge in [-0.15, -0.1) is 11.3 Å². The third-order valence-corrected chi connectivity index (χ3v) is 9.33. The van der Waals surface area contributed by atoms with Gasteiger partial charge in [-0.05, 0) is 68.5 Å². The van der Waals surface area contributed by atoms with Gasteiger partial charge in [-0.1, -0.05) is 30.3 Å². The van der Waals surface area contributed by atoms with E-state index in [-0.39, 0.29) is 37.7 Å². The van der Waals surface area contributed by atoms with Gasteiger partial charge < -0.3 is 40.4 Å². The number of benzene rings is 3. The zero-order chi connectivity index (χ0) is 38.5. The predicted octanol–water partition coefficient (Wildman–Crippen LogP) is 3.86. The van der Waals surface area contributed by atoms with Crippen LogP contribution in [-0.2, 0) is 27.3 Å². The maximum absolute atomic E-state index is 13.6. The lowest BCUT2D eigenvalue weighted by molar-refractivity contribution is -0.132. The molecule has 2 atom stereocenters. The molecule has 0 saturated heterocycles. The van der Waals surface area contributed by atoms with Crippen LogP contribution >= 0.6 is 11.3 Å². The van der Waals surface area contributed by atoms with E-state index in [1.807, 2.05) is 30.3 Å². The van der Waals surface area contributed by atoms with Crippen LogP contribution in [0.1, 0.15) is 58.2 Å². The summed E-state index contributed by atoms with van der Waals surface area (Å²) in [5.41, 5.74) is 3.70. The Morgan fingerprint density at radius 1 is 0.926 bits per heavy atom. The number of methoxy groups -OCH3 is 2. The van der Waals surface area contributed by atoms with Crippen LogP contribution in [0.25, 0.3) is 0 Å². The fraction of sp³-hybridized carbons (Fsp3) is 0.333. The molecule has 3 aromatic carbocycles. The van der Waals surface area contributed by atoms with E-state index >= 15 is 0 Å². The quantitative estimate of drug-likeness (QED) is 0.213. The number of hydrogen-bond donors (Lipinski definition) is 4. The molecule has 3 heterocycles. The highest BCUT2D eigenvalue weighted by Gasteiger charge is 2.27. The van der Waals surface area contributed by atoms with E-state index in [0.29, 0.717) is 59.9 Å². The van der Waals surface area contributed by atoms with Gasteiger partial charge in [-0.2, -0.15) is 0 Å². The number of amides is 5. The highest BCUT2D eigenvalue weighted by atomic mass is 32.1. The molecule has 6 rings (SSSR count). The summed E-state index contributed by atoms with van der Waals surface area (Å²) in [4.78, 5) is 72.4. The first-order valence-corrected chi connectivity index (χ1v) is 18.5. The molecule has 2 aliphatic rings. The number of nitrogens with zero attached hydrogens (tertiary/aromatic N) is 2. The van der Waals surface area contributed by atoms with Crippen molar-refractivity contribution in [3.05, 3.63) is 100 Å². The summed E-state index contributed by atoms with van der Waals surface area (Å²) >= 11 is 1.26. The number of nitrogens with one attached hydrogen (secondary N) is 4. The topological polar surface area (TPSA) is 177 Å². The van der Waals surface area contributed by atoms with Crippen molar-refractivity contribution in [3.63, 3.8) is 0 Å². The number of fused-ring (bicyclic) bond motifs is 18. The fourth-order valence-electron chi connectivity index (χ4n) is 5.78. The number of rotatable bonds is 6. The largest absolute Gasteiger partial charge is 0.496 e. The summed E-state index contributed by atoms with van der Waals surface area (Å²) in [6.45, 7) is 1.80. The Hall–Kier alpha value is -5.96. The van der Waals surface area contributed by atoms with Gasteiger partial charge in [0, 0.05) is 42.2 Å². The second kappa shape index (κ2) is 19.2. The molecule has 5 amide bonds. The van der Waals surface area contributed by atoms with E-state index in [1.165, 1.54) is 36.0 Å². The van der Waals surface area contributed by atoms with Crippen LogP contribution in [0.15, 0.2) is 77.6 Å². The van der Waals surface area contributed by atoms with Crippen LogP contribution in [0.3, 0.4) is 0 Å². The van der Waals surface area contributed by atoms with Gasteiger partial charge in [0.05, 0.1) is 26.3 Å². The van der Waals surface area contributed by atoms with E-state index in [0.717, 1.165) is 5.56 Å². The van der Waals surface area contributed by atoms with Gasteiger partial charge in [0.2, 0.25) is 17.7 Å². The summed E-state index contributed by atoms with van der Waals surface area (Å²) in [7, 11) is 2.99. The predicted molar refractivity (Wildman–Crippen MR) is 202 cm³/mol. The smallest absolute Gasteiger partial charge is 0.273 e. The number of ether oxygens (including phenoxy) is 3. The molecular weight excluding hydrogens is 713 g/mol. The minimum Gasteiger partial charge on any atom is -0.496 e. The normalized spacial score (nSPS) is 17.8. The maximum Gasteiger partial charge on any atom is 0.273 e. The van der Waals surface area contributed by atoms with Gasteiger partial charge in [-0.25, -0.2) is 4.98 Å². The van der Waals surface area contributed by atoms with Gasteiger partial charge in [0.1, 0.15) is 29.3 Å². The van der Waals surface area contributed by atoms with Crippen LogP contribution in [0.5, 0.6) is 23.0 Å². The lowest BCUT2D eigenvalue weighted by Gasteiger charge is -2.25. The zero-order valence-electron chi connectivity index (χ0n) is 30.4. The highest BCUT2D eigenvalue weighted by molar-refractivity contribution is 7.07. The molecule has 54 heavy (non-hydrogen) atoms. The third-order valence-electron chi connectivity index (χ3n) is 8.75. The Morgan fingerprint density at radius 2 is 1.72 bits per heavy atom. The number of carbonyl (C=O) groups is 5. The van der Waals surface area contributed by atoms with Crippen molar-refractivity contribution >= 4 is 40.9 Å². The Kier molecular flexibility index (Phi) is 14.0. The number of hydrogen-bond acceptors (Lipinski definition) is 10. The highest BCUT2D eigenvalue weighted by Crippen LogP contribution is 2.35. The molecule has 4 bridgehead atoms. The first-order valence-electron chi connectivity index (χ1n) is 17.5. The number of thiazole rings is 1. The summed E-state index contributed by atoms with van der Waals surface area (Å²) in [6, 6.07) is 17.5. The molecule has 4 N–H and O–H groups in total. The summed E-state index contributed by atoms with van der Waals surface area (Å²) in [5, 5.41) is 12.9. The van der Waals surface area contributed by atoms with Gasteiger partial charge in [-0.3, -0.25) is 24.0 Å². The van der Waals surface area contributed by atoms with Gasteiger partial charge in [0.15, 0.2) is 11.5 Å². The van der Waals surface area contributed by atoms with Crippen molar-refractivity contribution in [2.24, 2.45) is 0 Å². The molecule has 0 spiro atoms. The summed E-state index contributed by atoms with van der Waals surface area (Å²) in [5.74, 6) is -0.747. The van der Waals surface area contributed by atoms with E-state index in [4.69, 9.17) is 14.2 Å². The standard InChI is InChI=1S/C39H44N6O8S/c1-25-36(47)41-21-28-12-14-29(20-33(28)52-3)53-34-19-27(13-16-32(34)51-2)37(48)40-17-7-8-18-45(39(50)31-23-54-24-42-31)22-35(46)44-30(38(49)43-25)15-11-26-9-5-4-6-10-26/h4-6,9-10,12-14,16,19-20,23-25,30H,7-8,11,15,17-18,21-22H2,1-3H3,(H,40,48)(H,41,47)(H,43,49)(H,44,46)/t25-,30-/m0/s1. The fourth-order valence-corrected chi connectivity index (χ4v) is 6.30. The van der Waals surface area contributed by atoms with Crippen LogP contribution in [0, 0.1) is 0 Å². The van der Waals surface area contributed by atoms with Gasteiger partial charge in [0.25, 0.3) is 11.8 Å². The molecule has 0 unspecified atom stereocenters. The number of aromatic nitrogens is 1. The van der Waals surface area contributed by atoms with E-state index in [9.17, 15) is 24.0 Å². The van der Waals surface area contributed by atoms with E-state index < -0.39 is 35.7 Å². The average Bonchev–Trinajstić information content (AvgIpc) is 3.73. The minimum absolute atomic E-state index is 0.0818.